The third-order valence-electron chi connectivity index (χ3n) is 5.50. The lowest BCUT2D eigenvalue weighted by Gasteiger charge is -2.32. The van der Waals surface area contributed by atoms with Crippen LogP contribution in [-0.4, -0.2) is 82.9 Å². The molecule has 1 saturated heterocycles. The molecule has 0 atom stereocenters. The Morgan fingerprint density at radius 3 is 2.54 bits per heavy atom. The minimum atomic E-state index is -0.0703. The maximum atomic E-state index is 13.1. The van der Waals surface area contributed by atoms with Gasteiger partial charge in [0.05, 0.1) is 5.69 Å². The Morgan fingerprint density at radius 2 is 1.85 bits per heavy atom. The van der Waals surface area contributed by atoms with E-state index < -0.39 is 0 Å². The van der Waals surface area contributed by atoms with Crippen molar-refractivity contribution in [2.75, 3.05) is 46.8 Å². The normalized spacial score (nSPS) is 17.9. The van der Waals surface area contributed by atoms with Gasteiger partial charge in [-0.1, -0.05) is 13.3 Å². The third-order valence-corrected chi connectivity index (χ3v) is 5.50. The van der Waals surface area contributed by atoms with Crippen molar-refractivity contribution in [3.63, 3.8) is 0 Å². The first-order valence-corrected chi connectivity index (χ1v) is 9.85. The van der Waals surface area contributed by atoms with Crippen molar-refractivity contribution in [3.8, 4) is 0 Å². The van der Waals surface area contributed by atoms with E-state index in [9.17, 15) is 9.59 Å². The molecule has 0 unspecified atom stereocenters. The predicted octanol–water partition coefficient (Wildman–Crippen LogP) is 1.48. The standard InChI is InChI=1S/C19H31N5O2/c1-4-5-9-22(3)19(26)17-20-16(15-8-6-7-10-24(15)17)18(25)23-13-11-21(2)12-14-23/h4-14H2,1-3H3. The molecule has 3 heterocycles. The van der Waals surface area contributed by atoms with Gasteiger partial charge in [0.1, 0.15) is 5.69 Å². The van der Waals surface area contributed by atoms with Crippen LogP contribution in [0.4, 0.5) is 0 Å². The zero-order valence-electron chi connectivity index (χ0n) is 16.3. The Bertz CT molecular complexity index is 661. The Kier molecular flexibility index (Phi) is 5.96. The first-order chi connectivity index (χ1) is 12.5. The van der Waals surface area contributed by atoms with Crippen LogP contribution in [0.15, 0.2) is 0 Å². The van der Waals surface area contributed by atoms with E-state index in [0.29, 0.717) is 11.5 Å². The Labute approximate surface area is 156 Å². The molecule has 7 heteroatoms. The summed E-state index contributed by atoms with van der Waals surface area (Å²) < 4.78 is 2.00. The average molecular weight is 361 g/mol. The fraction of sp³-hybridized carbons (Fsp3) is 0.737. The molecule has 3 rings (SSSR count). The van der Waals surface area contributed by atoms with Gasteiger partial charge in [0.2, 0.25) is 0 Å². The number of hydrogen-bond donors (Lipinski definition) is 0. The van der Waals surface area contributed by atoms with E-state index >= 15 is 0 Å². The van der Waals surface area contributed by atoms with E-state index in [4.69, 9.17) is 0 Å². The van der Waals surface area contributed by atoms with E-state index in [1.54, 1.807) is 4.90 Å². The number of piperazine rings is 1. The van der Waals surface area contributed by atoms with Crippen molar-refractivity contribution in [2.45, 2.75) is 45.6 Å². The summed E-state index contributed by atoms with van der Waals surface area (Å²) in [6, 6.07) is 0. The largest absolute Gasteiger partial charge is 0.339 e. The number of unbranched alkanes of at least 4 members (excludes halogenated alkanes) is 1. The lowest BCUT2D eigenvalue weighted by atomic mass is 10.1. The van der Waals surface area contributed by atoms with E-state index in [0.717, 1.165) is 77.1 Å². The van der Waals surface area contributed by atoms with Crippen LogP contribution in [-0.2, 0) is 13.0 Å². The molecule has 0 N–H and O–H groups in total. The van der Waals surface area contributed by atoms with Gasteiger partial charge in [-0.3, -0.25) is 9.59 Å². The number of hydrogen-bond acceptors (Lipinski definition) is 4. The molecule has 2 amide bonds. The average Bonchev–Trinajstić information content (AvgIpc) is 3.05. The maximum absolute atomic E-state index is 13.1. The summed E-state index contributed by atoms with van der Waals surface area (Å²) in [7, 11) is 3.90. The molecule has 0 aromatic carbocycles. The van der Waals surface area contributed by atoms with Gasteiger partial charge in [0.25, 0.3) is 11.8 Å². The number of imidazole rings is 1. The van der Waals surface area contributed by atoms with Gasteiger partial charge >= 0.3 is 0 Å². The van der Waals surface area contributed by atoms with Gasteiger partial charge in [0.15, 0.2) is 5.82 Å². The molecule has 0 spiro atoms. The summed E-state index contributed by atoms with van der Waals surface area (Å²) in [5.41, 5.74) is 1.45. The minimum Gasteiger partial charge on any atom is -0.339 e. The van der Waals surface area contributed by atoms with Gasteiger partial charge in [-0.05, 0) is 32.7 Å². The van der Waals surface area contributed by atoms with Crippen molar-refractivity contribution >= 4 is 11.8 Å². The first-order valence-electron chi connectivity index (χ1n) is 9.85. The summed E-state index contributed by atoms with van der Waals surface area (Å²) in [4.78, 5) is 36.4. The van der Waals surface area contributed by atoms with E-state index in [2.05, 4.69) is 23.9 Å². The number of amides is 2. The van der Waals surface area contributed by atoms with Crippen molar-refractivity contribution in [1.29, 1.82) is 0 Å². The fourth-order valence-corrected chi connectivity index (χ4v) is 3.70. The lowest BCUT2D eigenvalue weighted by Crippen LogP contribution is -2.47. The smallest absolute Gasteiger partial charge is 0.289 e. The monoisotopic (exact) mass is 361 g/mol. The highest BCUT2D eigenvalue weighted by molar-refractivity contribution is 5.97. The van der Waals surface area contributed by atoms with Crippen LogP contribution in [0.1, 0.15) is 59.4 Å². The number of likely N-dealkylation sites (N-methyl/N-ethyl adjacent to an activating group) is 1. The maximum Gasteiger partial charge on any atom is 0.289 e. The quantitative estimate of drug-likeness (QED) is 0.797. The van der Waals surface area contributed by atoms with Gasteiger partial charge in [-0.15, -0.1) is 0 Å². The van der Waals surface area contributed by atoms with Crippen molar-refractivity contribution < 1.29 is 9.59 Å². The highest BCUT2D eigenvalue weighted by Crippen LogP contribution is 2.23. The Morgan fingerprint density at radius 1 is 1.12 bits per heavy atom. The number of carbonyl (C=O) groups excluding carboxylic acids is 2. The summed E-state index contributed by atoms with van der Waals surface area (Å²) in [5.74, 6) is 0.355. The van der Waals surface area contributed by atoms with Crippen molar-refractivity contribution in [1.82, 2.24) is 24.3 Å². The van der Waals surface area contributed by atoms with E-state index in [1.807, 2.05) is 16.5 Å². The first kappa shape index (κ1) is 18.9. The topological polar surface area (TPSA) is 61.7 Å². The summed E-state index contributed by atoms with van der Waals surface area (Å²) in [5, 5.41) is 0. The molecule has 2 aliphatic rings. The summed E-state index contributed by atoms with van der Waals surface area (Å²) >= 11 is 0. The predicted molar refractivity (Wildman–Crippen MR) is 100 cm³/mol. The fourth-order valence-electron chi connectivity index (χ4n) is 3.70. The molecule has 0 bridgehead atoms. The van der Waals surface area contributed by atoms with Crippen molar-refractivity contribution in [3.05, 3.63) is 17.2 Å². The summed E-state index contributed by atoms with van der Waals surface area (Å²) in [6.45, 7) is 6.83. The Balaban J connectivity index is 1.86. The number of rotatable bonds is 5. The van der Waals surface area contributed by atoms with Crippen LogP contribution in [0, 0.1) is 0 Å². The Hall–Kier alpha value is -1.89. The molecule has 1 fully saturated rings. The molecule has 2 aliphatic heterocycles. The molecule has 26 heavy (non-hydrogen) atoms. The molecule has 144 valence electrons. The number of carbonyl (C=O) groups is 2. The highest BCUT2D eigenvalue weighted by atomic mass is 16.2. The molecule has 1 aromatic rings. The molecule has 7 nitrogen and oxygen atoms in total. The second kappa shape index (κ2) is 8.20. The van der Waals surface area contributed by atoms with Gasteiger partial charge in [-0.25, -0.2) is 4.98 Å². The van der Waals surface area contributed by atoms with Gasteiger partial charge < -0.3 is 19.3 Å². The zero-order chi connectivity index (χ0) is 18.7. The summed E-state index contributed by atoms with van der Waals surface area (Å²) in [6.07, 6.45) is 4.93. The van der Waals surface area contributed by atoms with Crippen LogP contribution in [0.25, 0.3) is 0 Å². The molecular weight excluding hydrogens is 330 g/mol. The minimum absolute atomic E-state index is 0.0148. The third kappa shape index (κ3) is 3.77. The number of aromatic nitrogens is 2. The molecule has 1 aromatic heterocycles. The second-order valence-corrected chi connectivity index (χ2v) is 7.52. The zero-order valence-corrected chi connectivity index (χ0v) is 16.3. The lowest BCUT2D eigenvalue weighted by molar-refractivity contribution is 0.0657. The SMILES string of the molecule is CCCCN(C)C(=O)c1nc(C(=O)N2CCN(C)CC2)c2n1CCCC2. The highest BCUT2D eigenvalue weighted by Gasteiger charge is 2.31. The molecule has 0 radical (unpaired) electrons. The molecule has 0 aliphatic carbocycles. The van der Waals surface area contributed by atoms with Crippen LogP contribution < -0.4 is 0 Å². The van der Waals surface area contributed by atoms with Gasteiger partial charge in [-0.2, -0.15) is 0 Å². The molecule has 0 saturated carbocycles. The number of nitrogens with zero attached hydrogens (tertiary/aromatic N) is 5. The number of fused-ring (bicyclic) bond motifs is 1. The van der Waals surface area contributed by atoms with Gasteiger partial charge in [0, 0.05) is 46.3 Å². The molecular formula is C19H31N5O2. The van der Waals surface area contributed by atoms with Crippen LogP contribution in [0.2, 0.25) is 0 Å². The van der Waals surface area contributed by atoms with Crippen LogP contribution >= 0.6 is 0 Å². The van der Waals surface area contributed by atoms with Crippen LogP contribution in [0.5, 0.6) is 0 Å². The second-order valence-electron chi connectivity index (χ2n) is 7.52. The van der Waals surface area contributed by atoms with E-state index in [-0.39, 0.29) is 11.8 Å². The van der Waals surface area contributed by atoms with E-state index in [1.165, 1.54) is 0 Å². The van der Waals surface area contributed by atoms with Crippen molar-refractivity contribution in [2.24, 2.45) is 0 Å². The van der Waals surface area contributed by atoms with Crippen LogP contribution in [0.3, 0.4) is 0 Å².